The molecule has 1 aromatic carbocycles. The molecule has 1 aromatic heterocycles. The first-order chi connectivity index (χ1) is 14.6. The van der Waals surface area contributed by atoms with E-state index in [0.29, 0.717) is 18.2 Å². The van der Waals surface area contributed by atoms with E-state index in [-0.39, 0.29) is 11.7 Å². The summed E-state index contributed by atoms with van der Waals surface area (Å²) in [5, 5.41) is 2.99. The fourth-order valence-electron chi connectivity index (χ4n) is 4.24. The van der Waals surface area contributed by atoms with Gasteiger partial charge in [-0.2, -0.15) is 0 Å². The van der Waals surface area contributed by atoms with Crippen molar-refractivity contribution in [3.8, 4) is 5.75 Å². The number of likely N-dealkylation sites (tertiary alicyclic amines) is 2. The van der Waals surface area contributed by atoms with Crippen LogP contribution in [0.25, 0.3) is 0 Å². The second-order valence-corrected chi connectivity index (χ2v) is 9.02. The fourth-order valence-corrected chi connectivity index (χ4v) is 5.21. The van der Waals surface area contributed by atoms with Gasteiger partial charge in [0.05, 0.1) is 18.7 Å². The van der Waals surface area contributed by atoms with Crippen molar-refractivity contribution < 1.29 is 14.3 Å². The molecule has 2 saturated heterocycles. The van der Waals surface area contributed by atoms with Crippen molar-refractivity contribution in [1.29, 1.82) is 0 Å². The Hall–Kier alpha value is -2.25. The molecule has 3 heterocycles. The number of hydrogen-bond donors (Lipinski definition) is 0. The number of aromatic nitrogens is 1. The van der Waals surface area contributed by atoms with Crippen molar-refractivity contribution in [2.24, 2.45) is 0 Å². The molecule has 0 aliphatic carbocycles. The smallest absolute Gasteiger partial charge is 0.273 e. The lowest BCUT2D eigenvalue weighted by Gasteiger charge is -2.30. The molecule has 2 aromatic rings. The van der Waals surface area contributed by atoms with Gasteiger partial charge in [0.1, 0.15) is 11.4 Å². The van der Waals surface area contributed by atoms with Gasteiger partial charge in [-0.25, -0.2) is 4.98 Å². The summed E-state index contributed by atoms with van der Waals surface area (Å²) in [5.74, 6) is 1.36. The monoisotopic (exact) mass is 427 g/mol. The van der Waals surface area contributed by atoms with Gasteiger partial charge in [0.2, 0.25) is 0 Å². The lowest BCUT2D eigenvalue weighted by molar-refractivity contribution is 0.0718. The predicted octanol–water partition coefficient (Wildman–Crippen LogP) is 3.84. The second-order valence-electron chi connectivity index (χ2n) is 8.13. The maximum Gasteiger partial charge on any atom is 0.273 e. The molecule has 1 amide bonds. The van der Waals surface area contributed by atoms with Crippen molar-refractivity contribution in [2.45, 2.75) is 38.0 Å². The summed E-state index contributed by atoms with van der Waals surface area (Å²) in [6.07, 6.45) is 5.35. The van der Waals surface area contributed by atoms with Gasteiger partial charge in [0, 0.05) is 30.0 Å². The Morgan fingerprint density at radius 1 is 1.07 bits per heavy atom. The van der Waals surface area contributed by atoms with E-state index < -0.39 is 0 Å². The average molecular weight is 428 g/mol. The summed E-state index contributed by atoms with van der Waals surface area (Å²) in [4.78, 5) is 34.1. The molecule has 0 N–H and O–H groups in total. The van der Waals surface area contributed by atoms with Crippen LogP contribution >= 0.6 is 11.3 Å². The number of nitrogens with zero attached hydrogens (tertiary/aromatic N) is 3. The van der Waals surface area contributed by atoms with Gasteiger partial charge in [-0.05, 0) is 69.5 Å². The van der Waals surface area contributed by atoms with E-state index in [1.807, 2.05) is 34.5 Å². The van der Waals surface area contributed by atoms with Gasteiger partial charge in [0.25, 0.3) is 5.91 Å². The van der Waals surface area contributed by atoms with Crippen molar-refractivity contribution >= 4 is 23.0 Å². The maximum absolute atomic E-state index is 12.7. The van der Waals surface area contributed by atoms with E-state index in [4.69, 9.17) is 4.74 Å². The molecule has 4 rings (SSSR count). The van der Waals surface area contributed by atoms with E-state index >= 15 is 0 Å². The molecular weight excluding hydrogens is 398 g/mol. The van der Waals surface area contributed by atoms with Crippen molar-refractivity contribution in [3.05, 3.63) is 45.9 Å². The minimum absolute atomic E-state index is 0.0831. The maximum atomic E-state index is 12.7. The average Bonchev–Trinajstić information content (AvgIpc) is 3.30. The molecule has 2 fully saturated rings. The Bertz CT molecular complexity index is 866. The largest absolute Gasteiger partial charge is 0.497 e. The van der Waals surface area contributed by atoms with Gasteiger partial charge in [-0.1, -0.05) is 0 Å². The lowest BCUT2D eigenvalue weighted by Crippen LogP contribution is -2.37. The highest BCUT2D eigenvalue weighted by molar-refractivity contribution is 7.09. The Kier molecular flexibility index (Phi) is 6.79. The van der Waals surface area contributed by atoms with Gasteiger partial charge in [-0.15, -0.1) is 11.3 Å². The Morgan fingerprint density at radius 3 is 2.43 bits per heavy atom. The van der Waals surface area contributed by atoms with Crippen LogP contribution < -0.4 is 4.74 Å². The fraction of sp³-hybridized carbons (Fsp3) is 0.522. The van der Waals surface area contributed by atoms with Crippen LogP contribution in [0.2, 0.25) is 0 Å². The van der Waals surface area contributed by atoms with Crippen LogP contribution in [0.4, 0.5) is 0 Å². The van der Waals surface area contributed by atoms with Crippen LogP contribution in [0.3, 0.4) is 0 Å². The van der Waals surface area contributed by atoms with E-state index in [0.717, 1.165) is 68.2 Å². The zero-order valence-corrected chi connectivity index (χ0v) is 18.3. The number of ketones is 1. The summed E-state index contributed by atoms with van der Waals surface area (Å²) in [7, 11) is 1.62. The van der Waals surface area contributed by atoms with E-state index in [1.165, 1.54) is 6.42 Å². The number of thiazole rings is 1. The van der Waals surface area contributed by atoms with E-state index in [9.17, 15) is 9.59 Å². The molecule has 30 heavy (non-hydrogen) atoms. The van der Waals surface area contributed by atoms with E-state index in [1.54, 1.807) is 18.4 Å². The van der Waals surface area contributed by atoms with E-state index in [2.05, 4.69) is 9.88 Å². The van der Waals surface area contributed by atoms with Crippen LogP contribution in [0, 0.1) is 0 Å². The summed E-state index contributed by atoms with van der Waals surface area (Å²) < 4.78 is 5.15. The minimum Gasteiger partial charge on any atom is -0.497 e. The molecule has 0 radical (unpaired) electrons. The number of hydrogen-bond acceptors (Lipinski definition) is 6. The second kappa shape index (κ2) is 9.71. The molecule has 6 nitrogen and oxygen atoms in total. The molecule has 0 saturated carbocycles. The number of rotatable bonds is 6. The summed E-state index contributed by atoms with van der Waals surface area (Å²) in [6.45, 7) is 3.90. The third kappa shape index (κ3) is 4.90. The summed E-state index contributed by atoms with van der Waals surface area (Å²) in [5.41, 5.74) is 1.33. The molecule has 0 bridgehead atoms. The topological polar surface area (TPSA) is 62.7 Å². The van der Waals surface area contributed by atoms with Gasteiger partial charge < -0.3 is 9.64 Å². The van der Waals surface area contributed by atoms with Gasteiger partial charge >= 0.3 is 0 Å². The van der Waals surface area contributed by atoms with Gasteiger partial charge in [-0.3, -0.25) is 14.5 Å². The number of methoxy groups -OCH3 is 1. The normalized spacial score (nSPS) is 18.4. The van der Waals surface area contributed by atoms with Crippen molar-refractivity contribution in [2.75, 3.05) is 39.8 Å². The Morgan fingerprint density at radius 2 is 1.77 bits per heavy atom. The van der Waals surface area contributed by atoms with Crippen molar-refractivity contribution in [1.82, 2.24) is 14.8 Å². The highest BCUT2D eigenvalue weighted by atomic mass is 32.1. The number of Topliss-reactive ketones (excluding diaryl/α,β-unsaturated/α-hetero) is 1. The predicted molar refractivity (Wildman–Crippen MR) is 118 cm³/mol. The molecule has 2 aliphatic heterocycles. The highest BCUT2D eigenvalue weighted by Gasteiger charge is 2.26. The number of amides is 1. The first-order valence-corrected chi connectivity index (χ1v) is 11.7. The number of carbonyl (C=O) groups is 2. The Balaban J connectivity index is 1.28. The molecule has 2 aliphatic rings. The van der Waals surface area contributed by atoms with Crippen LogP contribution in [0.5, 0.6) is 5.75 Å². The number of ether oxygens (including phenoxy) is 1. The van der Waals surface area contributed by atoms with Crippen LogP contribution in [0.1, 0.15) is 63.9 Å². The molecule has 0 atom stereocenters. The van der Waals surface area contributed by atoms with Crippen LogP contribution in [0.15, 0.2) is 29.6 Å². The quantitative estimate of drug-likeness (QED) is 0.656. The summed E-state index contributed by atoms with van der Waals surface area (Å²) in [6, 6.07) is 7.30. The zero-order valence-electron chi connectivity index (χ0n) is 17.5. The van der Waals surface area contributed by atoms with Crippen LogP contribution in [-0.2, 0) is 0 Å². The van der Waals surface area contributed by atoms with Crippen LogP contribution in [-0.4, -0.2) is 66.3 Å². The Labute approximate surface area is 181 Å². The van der Waals surface area contributed by atoms with Crippen molar-refractivity contribution in [3.63, 3.8) is 0 Å². The van der Waals surface area contributed by atoms with Gasteiger partial charge in [0.15, 0.2) is 5.78 Å². The SMILES string of the molecule is COc1ccc(C(=O)CN2CCC(c3nc(C(=O)N4CCCCC4)cs3)CC2)cc1. The third-order valence-corrected chi connectivity index (χ3v) is 7.11. The highest BCUT2D eigenvalue weighted by Crippen LogP contribution is 2.31. The third-order valence-electron chi connectivity index (χ3n) is 6.10. The zero-order chi connectivity index (χ0) is 20.9. The molecule has 0 spiro atoms. The standard InChI is InChI=1S/C23H29N3O3S/c1-29-19-7-5-17(6-8-19)21(27)15-25-13-9-18(10-14-25)22-24-20(16-30-22)23(28)26-11-3-2-4-12-26/h5-8,16,18H,2-4,9-15H2,1H3. The lowest BCUT2D eigenvalue weighted by atomic mass is 9.97. The summed E-state index contributed by atoms with van der Waals surface area (Å²) >= 11 is 1.61. The molecule has 7 heteroatoms. The molecule has 160 valence electrons. The molecule has 0 unspecified atom stereocenters. The number of carbonyl (C=O) groups excluding carboxylic acids is 2. The number of benzene rings is 1. The minimum atomic E-state index is 0.0831. The first-order valence-electron chi connectivity index (χ1n) is 10.8. The molecular formula is C23H29N3O3S. The first kappa shape index (κ1) is 21.0. The number of piperidine rings is 2.